The van der Waals surface area contributed by atoms with Crippen molar-refractivity contribution in [3.63, 3.8) is 0 Å². The zero-order chi connectivity index (χ0) is 12.1. The Kier molecular flexibility index (Phi) is 4.03. The largest absolute Gasteiger partial charge is 0.369 e. The Morgan fingerprint density at radius 3 is 3.18 bits per heavy atom. The van der Waals surface area contributed by atoms with Crippen LogP contribution < -0.4 is 11.0 Å². The second-order valence-electron chi connectivity index (χ2n) is 3.64. The highest BCUT2D eigenvalue weighted by Gasteiger charge is 2.01. The Balaban J connectivity index is 1.94. The van der Waals surface area contributed by atoms with E-state index in [2.05, 4.69) is 26.9 Å². The summed E-state index contributed by atoms with van der Waals surface area (Å²) in [5.74, 6) is 1.88. The molecule has 2 heterocycles. The number of nitrogens with zero attached hydrogens (tertiary/aromatic N) is 3. The summed E-state index contributed by atoms with van der Waals surface area (Å²) in [6.45, 7) is 0.867. The standard InChI is InChI=1S/C10H15N5OS/c1-17-7-3-2-6-11-8-4-5-9-12-13-10(16)15(9)14-8/h4-5H,2-3,6-7H2,1H3,(H,11,14)(H,13,16). The second-order valence-corrected chi connectivity index (χ2v) is 4.63. The molecule has 2 rings (SSSR count). The molecule has 17 heavy (non-hydrogen) atoms. The highest BCUT2D eigenvalue weighted by Crippen LogP contribution is 2.04. The van der Waals surface area contributed by atoms with Gasteiger partial charge in [0.25, 0.3) is 0 Å². The number of thioether (sulfide) groups is 1. The minimum atomic E-state index is -0.314. The molecule has 6 nitrogen and oxygen atoms in total. The Hall–Kier alpha value is -1.50. The van der Waals surface area contributed by atoms with Crippen LogP contribution >= 0.6 is 11.8 Å². The average Bonchev–Trinajstić information content (AvgIpc) is 2.71. The Labute approximate surface area is 103 Å². The monoisotopic (exact) mass is 253 g/mol. The lowest BCUT2D eigenvalue weighted by atomic mass is 10.3. The number of hydrogen-bond acceptors (Lipinski definition) is 5. The maximum absolute atomic E-state index is 11.3. The van der Waals surface area contributed by atoms with E-state index in [0.29, 0.717) is 11.5 Å². The summed E-state index contributed by atoms with van der Waals surface area (Å²) >= 11 is 1.85. The second kappa shape index (κ2) is 5.72. The third kappa shape index (κ3) is 3.00. The molecule has 0 bridgehead atoms. The zero-order valence-corrected chi connectivity index (χ0v) is 10.5. The van der Waals surface area contributed by atoms with Crippen LogP contribution in [0.3, 0.4) is 0 Å². The average molecular weight is 253 g/mol. The summed E-state index contributed by atoms with van der Waals surface area (Å²) in [6.07, 6.45) is 4.39. The molecule has 0 fully saturated rings. The first-order valence-corrected chi connectivity index (χ1v) is 6.88. The molecular weight excluding hydrogens is 238 g/mol. The molecular formula is C10H15N5OS. The fourth-order valence-electron chi connectivity index (χ4n) is 1.49. The summed E-state index contributed by atoms with van der Waals surface area (Å²) < 4.78 is 1.25. The van der Waals surface area contributed by atoms with Crippen molar-refractivity contribution >= 4 is 23.2 Å². The minimum Gasteiger partial charge on any atom is -0.369 e. The number of hydrogen-bond donors (Lipinski definition) is 2. The van der Waals surface area contributed by atoms with E-state index in [1.165, 1.54) is 16.7 Å². The highest BCUT2D eigenvalue weighted by atomic mass is 32.2. The molecule has 0 atom stereocenters. The Morgan fingerprint density at radius 1 is 1.47 bits per heavy atom. The van der Waals surface area contributed by atoms with Crippen molar-refractivity contribution in [2.75, 3.05) is 23.9 Å². The minimum absolute atomic E-state index is 0.314. The van der Waals surface area contributed by atoms with Gasteiger partial charge in [0, 0.05) is 6.54 Å². The van der Waals surface area contributed by atoms with E-state index in [1.807, 2.05) is 17.8 Å². The summed E-state index contributed by atoms with van der Waals surface area (Å²) in [7, 11) is 0. The third-order valence-electron chi connectivity index (χ3n) is 2.35. The van der Waals surface area contributed by atoms with E-state index in [-0.39, 0.29) is 5.69 Å². The molecule has 92 valence electrons. The first kappa shape index (κ1) is 12.0. The first-order valence-electron chi connectivity index (χ1n) is 5.48. The lowest BCUT2D eigenvalue weighted by molar-refractivity contribution is 0.823. The van der Waals surface area contributed by atoms with E-state index in [0.717, 1.165) is 13.0 Å². The fourth-order valence-corrected chi connectivity index (χ4v) is 1.98. The topological polar surface area (TPSA) is 75.1 Å². The third-order valence-corrected chi connectivity index (χ3v) is 3.05. The molecule has 0 saturated carbocycles. The van der Waals surface area contributed by atoms with E-state index < -0.39 is 0 Å². The number of H-pyrrole nitrogens is 1. The zero-order valence-electron chi connectivity index (χ0n) is 9.64. The van der Waals surface area contributed by atoms with Gasteiger partial charge in [0.2, 0.25) is 0 Å². The quantitative estimate of drug-likeness (QED) is 0.750. The molecule has 0 aromatic carbocycles. The van der Waals surface area contributed by atoms with Crippen LogP contribution in [0.25, 0.3) is 5.65 Å². The number of nitrogens with one attached hydrogen (secondary N) is 2. The lowest BCUT2D eigenvalue weighted by Crippen LogP contribution is -2.14. The van der Waals surface area contributed by atoms with Crippen molar-refractivity contribution < 1.29 is 0 Å². The maximum Gasteiger partial charge on any atom is 0.364 e. The summed E-state index contributed by atoms with van der Waals surface area (Å²) in [5.41, 5.74) is 0.217. The number of anilines is 1. The fraction of sp³-hybridized carbons (Fsp3) is 0.500. The predicted octanol–water partition coefficient (Wildman–Crippen LogP) is 0.973. The van der Waals surface area contributed by atoms with Crippen LogP contribution in [-0.4, -0.2) is 38.4 Å². The smallest absolute Gasteiger partial charge is 0.364 e. The molecule has 0 aliphatic carbocycles. The maximum atomic E-state index is 11.3. The van der Waals surface area contributed by atoms with Gasteiger partial charge in [-0.05, 0) is 37.0 Å². The van der Waals surface area contributed by atoms with Crippen LogP contribution in [-0.2, 0) is 0 Å². The van der Waals surface area contributed by atoms with E-state index in [1.54, 1.807) is 6.07 Å². The van der Waals surface area contributed by atoms with E-state index in [9.17, 15) is 4.79 Å². The van der Waals surface area contributed by atoms with Gasteiger partial charge >= 0.3 is 5.69 Å². The molecule has 7 heteroatoms. The summed E-state index contributed by atoms with van der Waals surface area (Å²) in [6, 6.07) is 3.58. The number of unbranched alkanes of at least 4 members (excludes halogenated alkanes) is 1. The van der Waals surface area contributed by atoms with Crippen molar-refractivity contribution in [2.45, 2.75) is 12.8 Å². The van der Waals surface area contributed by atoms with Crippen LogP contribution in [0.5, 0.6) is 0 Å². The van der Waals surface area contributed by atoms with Crippen molar-refractivity contribution in [3.05, 3.63) is 22.6 Å². The van der Waals surface area contributed by atoms with Gasteiger partial charge in [0.15, 0.2) is 5.65 Å². The molecule has 0 aliphatic rings. The molecule has 2 aromatic rings. The first-order chi connectivity index (χ1) is 8.31. The van der Waals surface area contributed by atoms with Gasteiger partial charge in [0.05, 0.1) is 0 Å². The number of aromatic nitrogens is 4. The van der Waals surface area contributed by atoms with Crippen LogP contribution in [0.2, 0.25) is 0 Å². The van der Waals surface area contributed by atoms with Gasteiger partial charge < -0.3 is 5.32 Å². The molecule has 2 aromatic heterocycles. The van der Waals surface area contributed by atoms with Gasteiger partial charge in [-0.1, -0.05) is 0 Å². The van der Waals surface area contributed by atoms with E-state index >= 15 is 0 Å². The summed E-state index contributed by atoms with van der Waals surface area (Å²) in [4.78, 5) is 11.3. The van der Waals surface area contributed by atoms with Crippen molar-refractivity contribution in [1.82, 2.24) is 19.8 Å². The van der Waals surface area contributed by atoms with Crippen molar-refractivity contribution in [2.24, 2.45) is 0 Å². The van der Waals surface area contributed by atoms with Gasteiger partial charge in [-0.2, -0.15) is 21.4 Å². The molecule has 0 radical (unpaired) electrons. The number of rotatable bonds is 6. The highest BCUT2D eigenvalue weighted by molar-refractivity contribution is 7.98. The van der Waals surface area contributed by atoms with Crippen molar-refractivity contribution in [3.8, 4) is 0 Å². The Bertz CT molecular complexity index is 535. The Morgan fingerprint density at radius 2 is 2.35 bits per heavy atom. The van der Waals surface area contributed by atoms with Crippen molar-refractivity contribution in [1.29, 1.82) is 0 Å². The van der Waals surface area contributed by atoms with Gasteiger partial charge in [-0.3, -0.25) is 0 Å². The molecule has 2 N–H and O–H groups in total. The van der Waals surface area contributed by atoms with Gasteiger partial charge in [-0.15, -0.1) is 5.10 Å². The normalized spacial score (nSPS) is 10.9. The molecule has 0 unspecified atom stereocenters. The van der Waals surface area contributed by atoms with Crippen LogP contribution in [0.15, 0.2) is 16.9 Å². The molecule has 0 spiro atoms. The molecule has 0 amide bonds. The SMILES string of the molecule is CSCCCCNc1ccc2n[nH]c(=O)n2n1. The van der Waals surface area contributed by atoms with Crippen LogP contribution in [0.4, 0.5) is 5.82 Å². The van der Waals surface area contributed by atoms with Gasteiger partial charge in [0.1, 0.15) is 5.82 Å². The van der Waals surface area contributed by atoms with E-state index in [4.69, 9.17) is 0 Å². The van der Waals surface area contributed by atoms with Crippen LogP contribution in [0, 0.1) is 0 Å². The van der Waals surface area contributed by atoms with Gasteiger partial charge in [-0.25, -0.2) is 9.89 Å². The van der Waals surface area contributed by atoms with Crippen LogP contribution in [0.1, 0.15) is 12.8 Å². The molecule has 0 aliphatic heterocycles. The lowest BCUT2D eigenvalue weighted by Gasteiger charge is -2.04. The molecule has 0 saturated heterocycles. The predicted molar refractivity (Wildman–Crippen MR) is 69.7 cm³/mol. The number of fused-ring (bicyclic) bond motifs is 1. The number of aromatic amines is 1. The summed E-state index contributed by atoms with van der Waals surface area (Å²) in [5, 5.41) is 13.5.